The summed E-state index contributed by atoms with van der Waals surface area (Å²) in [5.41, 5.74) is 1.08. The number of fused-ring (bicyclic) bond motifs is 1. The molecule has 0 bridgehead atoms. The van der Waals surface area contributed by atoms with Crippen LogP contribution in [0.1, 0.15) is 36.8 Å². The fourth-order valence-corrected chi connectivity index (χ4v) is 3.07. The Hall–Kier alpha value is -1.71. The van der Waals surface area contributed by atoms with Crippen molar-refractivity contribution in [1.82, 2.24) is 0 Å². The van der Waals surface area contributed by atoms with Crippen molar-refractivity contribution in [2.24, 2.45) is 0 Å². The Kier molecular flexibility index (Phi) is 2.47. The lowest BCUT2D eigenvalue weighted by Crippen LogP contribution is -2.32. The van der Waals surface area contributed by atoms with Crippen LogP contribution in [0.4, 0.5) is 0 Å². The molecule has 1 aliphatic carbocycles. The molecule has 0 aromatic heterocycles. The van der Waals surface area contributed by atoms with Gasteiger partial charge in [0.15, 0.2) is 11.5 Å². The topological polar surface area (TPSA) is 55.8 Å². The first-order valence-electron chi connectivity index (χ1n) is 6.28. The molecule has 0 atom stereocenters. The normalized spacial score (nSPS) is 20.1. The number of carbonyl (C=O) groups is 1. The number of carboxylic acids is 1. The molecule has 2 aliphatic rings. The second kappa shape index (κ2) is 3.90. The largest absolute Gasteiger partial charge is 0.481 e. The Morgan fingerprint density at radius 1 is 1.28 bits per heavy atom. The number of rotatable bonds is 2. The predicted octanol–water partition coefficient (Wildman–Crippen LogP) is 2.62. The summed E-state index contributed by atoms with van der Waals surface area (Å²) in [6, 6.07) is 3.78. The summed E-state index contributed by atoms with van der Waals surface area (Å²) in [6.45, 7) is 2.15. The van der Waals surface area contributed by atoms with E-state index in [4.69, 9.17) is 9.47 Å². The van der Waals surface area contributed by atoms with Crippen LogP contribution in [-0.4, -0.2) is 17.9 Å². The summed E-state index contributed by atoms with van der Waals surface area (Å²) in [7, 11) is 0. The molecule has 18 heavy (non-hydrogen) atoms. The summed E-state index contributed by atoms with van der Waals surface area (Å²) < 4.78 is 10.8. The van der Waals surface area contributed by atoms with E-state index in [-0.39, 0.29) is 6.79 Å². The lowest BCUT2D eigenvalue weighted by Gasteiger charge is -2.25. The Morgan fingerprint density at radius 2 is 2.00 bits per heavy atom. The minimum absolute atomic E-state index is 0.222. The van der Waals surface area contributed by atoms with Crippen molar-refractivity contribution >= 4 is 5.97 Å². The zero-order chi connectivity index (χ0) is 12.8. The van der Waals surface area contributed by atoms with Crippen LogP contribution in [0.3, 0.4) is 0 Å². The molecule has 4 nitrogen and oxygen atoms in total. The van der Waals surface area contributed by atoms with Crippen LogP contribution in [0.15, 0.2) is 12.1 Å². The van der Waals surface area contributed by atoms with E-state index in [2.05, 4.69) is 0 Å². The third kappa shape index (κ3) is 1.48. The number of aryl methyl sites for hydroxylation is 1. The van der Waals surface area contributed by atoms with Crippen LogP contribution in [0.2, 0.25) is 0 Å². The third-order valence-electron chi connectivity index (χ3n) is 4.08. The molecule has 0 unspecified atom stereocenters. The van der Waals surface area contributed by atoms with Gasteiger partial charge in [-0.05, 0) is 37.0 Å². The zero-order valence-electron chi connectivity index (χ0n) is 10.4. The molecule has 0 amide bonds. The fourth-order valence-electron chi connectivity index (χ4n) is 3.07. The molecule has 1 saturated carbocycles. The van der Waals surface area contributed by atoms with Gasteiger partial charge in [-0.1, -0.05) is 18.9 Å². The molecule has 1 heterocycles. The molecule has 1 aromatic rings. The molecule has 1 N–H and O–H groups in total. The summed E-state index contributed by atoms with van der Waals surface area (Å²) in [5, 5.41) is 9.58. The van der Waals surface area contributed by atoms with E-state index in [0.29, 0.717) is 18.6 Å². The Bertz CT molecular complexity index is 501. The van der Waals surface area contributed by atoms with Crippen molar-refractivity contribution in [3.63, 3.8) is 0 Å². The van der Waals surface area contributed by atoms with Gasteiger partial charge in [-0.25, -0.2) is 0 Å². The lowest BCUT2D eigenvalue weighted by molar-refractivity contribution is -0.143. The minimum atomic E-state index is -0.730. The molecule has 3 rings (SSSR count). The SMILES string of the molecule is Cc1cc(C2(C(=O)O)CCCC2)cc2c1OCO2. The van der Waals surface area contributed by atoms with Gasteiger partial charge in [0.2, 0.25) is 6.79 Å². The first kappa shape index (κ1) is 11.4. The van der Waals surface area contributed by atoms with E-state index in [9.17, 15) is 9.90 Å². The van der Waals surface area contributed by atoms with Crippen molar-refractivity contribution in [2.75, 3.05) is 6.79 Å². The standard InChI is InChI=1S/C14H16O4/c1-9-6-10(7-11-12(9)18-8-17-11)14(13(15)16)4-2-3-5-14/h6-7H,2-5,8H2,1H3,(H,15,16). The van der Waals surface area contributed by atoms with E-state index in [1.165, 1.54) is 0 Å². The Labute approximate surface area is 106 Å². The van der Waals surface area contributed by atoms with Gasteiger partial charge < -0.3 is 14.6 Å². The highest BCUT2D eigenvalue weighted by atomic mass is 16.7. The molecular weight excluding hydrogens is 232 g/mol. The van der Waals surface area contributed by atoms with E-state index >= 15 is 0 Å². The first-order valence-corrected chi connectivity index (χ1v) is 6.28. The highest BCUT2D eigenvalue weighted by Gasteiger charge is 2.43. The lowest BCUT2D eigenvalue weighted by atomic mass is 9.78. The predicted molar refractivity (Wildman–Crippen MR) is 65.1 cm³/mol. The van der Waals surface area contributed by atoms with E-state index in [1.807, 2.05) is 19.1 Å². The molecule has 4 heteroatoms. The van der Waals surface area contributed by atoms with E-state index < -0.39 is 11.4 Å². The zero-order valence-corrected chi connectivity index (χ0v) is 10.4. The van der Waals surface area contributed by atoms with Gasteiger partial charge in [0.25, 0.3) is 0 Å². The maximum atomic E-state index is 11.7. The Balaban J connectivity index is 2.11. The molecule has 96 valence electrons. The van der Waals surface area contributed by atoms with Crippen LogP contribution in [-0.2, 0) is 10.2 Å². The summed E-state index contributed by atoms with van der Waals surface area (Å²) in [5.74, 6) is 0.702. The quantitative estimate of drug-likeness (QED) is 0.874. The number of aliphatic carboxylic acids is 1. The van der Waals surface area contributed by atoms with Gasteiger partial charge in [-0.2, -0.15) is 0 Å². The van der Waals surface area contributed by atoms with Crippen LogP contribution in [0.25, 0.3) is 0 Å². The number of carboxylic acid groups (broad SMARTS) is 1. The van der Waals surface area contributed by atoms with Gasteiger partial charge in [0.05, 0.1) is 5.41 Å². The van der Waals surface area contributed by atoms with Gasteiger partial charge in [-0.15, -0.1) is 0 Å². The van der Waals surface area contributed by atoms with Crippen LogP contribution in [0, 0.1) is 6.92 Å². The van der Waals surface area contributed by atoms with Gasteiger partial charge in [0.1, 0.15) is 0 Å². The van der Waals surface area contributed by atoms with Crippen molar-refractivity contribution in [3.8, 4) is 11.5 Å². The summed E-state index contributed by atoms with van der Waals surface area (Å²) in [6.07, 6.45) is 3.36. The number of benzene rings is 1. The summed E-state index contributed by atoms with van der Waals surface area (Å²) in [4.78, 5) is 11.7. The molecular formula is C14H16O4. The highest BCUT2D eigenvalue weighted by molar-refractivity contribution is 5.82. The van der Waals surface area contributed by atoms with Crippen LogP contribution in [0.5, 0.6) is 11.5 Å². The first-order chi connectivity index (χ1) is 8.63. The molecule has 1 aliphatic heterocycles. The smallest absolute Gasteiger partial charge is 0.314 e. The number of hydrogen-bond acceptors (Lipinski definition) is 3. The van der Waals surface area contributed by atoms with Crippen molar-refractivity contribution in [2.45, 2.75) is 38.0 Å². The van der Waals surface area contributed by atoms with Crippen molar-refractivity contribution in [3.05, 3.63) is 23.3 Å². The third-order valence-corrected chi connectivity index (χ3v) is 4.08. The average molecular weight is 248 g/mol. The number of hydrogen-bond donors (Lipinski definition) is 1. The highest BCUT2D eigenvalue weighted by Crippen LogP contribution is 2.46. The fraction of sp³-hybridized carbons (Fsp3) is 0.500. The van der Waals surface area contributed by atoms with Gasteiger partial charge in [-0.3, -0.25) is 4.79 Å². The molecule has 1 fully saturated rings. The van der Waals surface area contributed by atoms with Crippen molar-refractivity contribution in [1.29, 1.82) is 0 Å². The minimum Gasteiger partial charge on any atom is -0.481 e. The van der Waals surface area contributed by atoms with E-state index in [0.717, 1.165) is 29.7 Å². The van der Waals surface area contributed by atoms with Gasteiger partial charge in [0, 0.05) is 0 Å². The molecule has 0 spiro atoms. The molecule has 0 saturated heterocycles. The Morgan fingerprint density at radius 3 is 2.67 bits per heavy atom. The molecule has 1 aromatic carbocycles. The second-order valence-electron chi connectivity index (χ2n) is 5.12. The van der Waals surface area contributed by atoms with Crippen LogP contribution < -0.4 is 9.47 Å². The van der Waals surface area contributed by atoms with Gasteiger partial charge >= 0.3 is 5.97 Å². The summed E-state index contributed by atoms with van der Waals surface area (Å²) >= 11 is 0. The maximum Gasteiger partial charge on any atom is 0.314 e. The van der Waals surface area contributed by atoms with Crippen LogP contribution >= 0.6 is 0 Å². The maximum absolute atomic E-state index is 11.7. The van der Waals surface area contributed by atoms with Crippen molar-refractivity contribution < 1.29 is 19.4 Å². The monoisotopic (exact) mass is 248 g/mol. The van der Waals surface area contributed by atoms with E-state index in [1.54, 1.807) is 0 Å². The average Bonchev–Trinajstić information content (AvgIpc) is 2.98. The molecule has 0 radical (unpaired) electrons. The number of ether oxygens (including phenoxy) is 2. The second-order valence-corrected chi connectivity index (χ2v) is 5.12.